The minimum Gasteiger partial charge on any atom is -0.379 e. The highest BCUT2D eigenvalue weighted by Gasteiger charge is 2.30. The van der Waals surface area contributed by atoms with Crippen LogP contribution in [0.2, 0.25) is 0 Å². The van der Waals surface area contributed by atoms with Gasteiger partial charge in [-0.1, -0.05) is 33.1 Å². The zero-order valence-electron chi connectivity index (χ0n) is 12.9. The number of nitrogens with one attached hydrogen (secondary N) is 1. The highest BCUT2D eigenvalue weighted by molar-refractivity contribution is 7.14. The fourth-order valence-electron chi connectivity index (χ4n) is 2.48. The Morgan fingerprint density at radius 3 is 2.71 bits per heavy atom. The molecule has 0 saturated carbocycles. The van der Waals surface area contributed by atoms with Crippen molar-refractivity contribution in [2.45, 2.75) is 58.9 Å². The van der Waals surface area contributed by atoms with E-state index in [1.807, 2.05) is 6.92 Å². The second-order valence-corrected chi connectivity index (χ2v) is 6.61. The number of Topliss-reactive ketones (excluding diaryl/α,β-unsaturated/α-hetero) is 1. The van der Waals surface area contributed by atoms with E-state index in [1.54, 1.807) is 0 Å². The Morgan fingerprint density at radius 1 is 1.29 bits per heavy atom. The van der Waals surface area contributed by atoms with Gasteiger partial charge in [0.2, 0.25) is 5.78 Å². The third-order valence-electron chi connectivity index (χ3n) is 3.70. The number of thiazole rings is 1. The second-order valence-electron chi connectivity index (χ2n) is 5.41. The molecule has 1 aliphatic carbocycles. The largest absolute Gasteiger partial charge is 0.379 e. The van der Waals surface area contributed by atoms with Gasteiger partial charge in [0.15, 0.2) is 5.78 Å². The van der Waals surface area contributed by atoms with Crippen LogP contribution in [-0.2, 0) is 0 Å². The van der Waals surface area contributed by atoms with E-state index in [9.17, 15) is 9.59 Å². The number of unbranched alkanes of at least 4 members (excludes halogenated alkanes) is 2. The lowest BCUT2D eigenvalue weighted by atomic mass is 10.0. The van der Waals surface area contributed by atoms with Crippen molar-refractivity contribution in [2.75, 3.05) is 0 Å². The van der Waals surface area contributed by atoms with Gasteiger partial charge in [-0.25, -0.2) is 4.98 Å². The lowest BCUT2D eigenvalue weighted by molar-refractivity contribution is 0.0975. The first kappa shape index (κ1) is 15.9. The van der Waals surface area contributed by atoms with Crippen LogP contribution in [0.1, 0.15) is 71.1 Å². The molecule has 0 fully saturated rings. The topological polar surface area (TPSA) is 59.1 Å². The number of carbonyl (C=O) groups excluding carboxylic acids is 2. The number of rotatable bonds is 7. The van der Waals surface area contributed by atoms with Crippen LogP contribution in [0.15, 0.2) is 11.8 Å². The smallest absolute Gasteiger partial charge is 0.228 e. The van der Waals surface area contributed by atoms with E-state index in [1.165, 1.54) is 30.3 Å². The molecular formula is C16H22N2O2S. The fraction of sp³-hybridized carbons (Fsp3) is 0.562. The summed E-state index contributed by atoms with van der Waals surface area (Å²) < 4.78 is 0. The zero-order valence-corrected chi connectivity index (χ0v) is 13.7. The van der Waals surface area contributed by atoms with Crippen LogP contribution in [0, 0.1) is 6.92 Å². The molecule has 0 aromatic carbocycles. The maximum atomic E-state index is 12.4. The van der Waals surface area contributed by atoms with Gasteiger partial charge in [-0.2, -0.15) is 0 Å². The summed E-state index contributed by atoms with van der Waals surface area (Å²) in [5, 5.41) is 4.01. The van der Waals surface area contributed by atoms with Gasteiger partial charge in [-0.15, -0.1) is 11.3 Å². The predicted octanol–water partition coefficient (Wildman–Crippen LogP) is 3.66. The lowest BCUT2D eigenvalue weighted by Gasteiger charge is -2.21. The van der Waals surface area contributed by atoms with Crippen LogP contribution in [0.3, 0.4) is 0 Å². The summed E-state index contributed by atoms with van der Waals surface area (Å²) >= 11 is 1.29. The van der Waals surface area contributed by atoms with Crippen LogP contribution in [0.25, 0.3) is 0 Å². The van der Waals surface area contributed by atoms with Gasteiger partial charge in [-0.05, 0) is 19.8 Å². The van der Waals surface area contributed by atoms with Crippen molar-refractivity contribution in [3.05, 3.63) is 27.4 Å². The van der Waals surface area contributed by atoms with Crippen LogP contribution in [-0.4, -0.2) is 22.6 Å². The number of aromatic nitrogens is 1. The highest BCUT2D eigenvalue weighted by Crippen LogP contribution is 2.25. The molecule has 21 heavy (non-hydrogen) atoms. The van der Waals surface area contributed by atoms with Gasteiger partial charge in [-0.3, -0.25) is 9.59 Å². The number of nitrogens with zero attached hydrogens (tertiary/aromatic N) is 1. The van der Waals surface area contributed by atoms with Crippen LogP contribution in [0.4, 0.5) is 0 Å². The Balaban J connectivity index is 2.09. The Bertz CT molecular complexity index is 575. The first-order valence-corrected chi connectivity index (χ1v) is 8.43. The SMILES string of the molecule is CCCCCC(CC)NC1=CC(=O)c2sc(C)nc2C1=O. The minimum absolute atomic E-state index is 0.110. The lowest BCUT2D eigenvalue weighted by Crippen LogP contribution is -2.34. The van der Waals surface area contributed by atoms with Gasteiger partial charge in [0.25, 0.3) is 0 Å². The Hall–Kier alpha value is -1.49. The molecule has 0 spiro atoms. The quantitative estimate of drug-likeness (QED) is 0.781. The van der Waals surface area contributed by atoms with Crippen LogP contribution < -0.4 is 5.32 Å². The molecule has 2 rings (SSSR count). The van der Waals surface area contributed by atoms with E-state index in [2.05, 4.69) is 24.1 Å². The molecule has 114 valence electrons. The molecule has 0 amide bonds. The summed E-state index contributed by atoms with van der Waals surface area (Å²) in [7, 11) is 0. The van der Waals surface area contributed by atoms with E-state index >= 15 is 0 Å². The van der Waals surface area contributed by atoms with E-state index in [-0.39, 0.29) is 17.6 Å². The number of hydrogen-bond donors (Lipinski definition) is 1. The number of hydrogen-bond acceptors (Lipinski definition) is 5. The molecule has 1 aliphatic rings. The molecule has 1 aromatic heterocycles. The van der Waals surface area contributed by atoms with E-state index in [0.717, 1.165) is 24.3 Å². The summed E-state index contributed by atoms with van der Waals surface area (Å²) in [6, 6.07) is 0.237. The monoisotopic (exact) mass is 306 g/mol. The number of fused-ring (bicyclic) bond motifs is 1. The summed E-state index contributed by atoms with van der Waals surface area (Å²) in [5.41, 5.74) is 0.719. The molecule has 0 saturated heterocycles. The molecule has 4 nitrogen and oxygen atoms in total. The fourth-order valence-corrected chi connectivity index (χ4v) is 3.31. The highest BCUT2D eigenvalue weighted by atomic mass is 32.1. The van der Waals surface area contributed by atoms with Crippen molar-refractivity contribution >= 4 is 22.9 Å². The third kappa shape index (κ3) is 3.59. The predicted molar refractivity (Wildman–Crippen MR) is 85.0 cm³/mol. The van der Waals surface area contributed by atoms with Crippen molar-refractivity contribution in [1.82, 2.24) is 10.3 Å². The maximum absolute atomic E-state index is 12.4. The van der Waals surface area contributed by atoms with Crippen molar-refractivity contribution in [1.29, 1.82) is 0 Å². The normalized spacial score (nSPS) is 15.7. The molecule has 5 heteroatoms. The van der Waals surface area contributed by atoms with Crippen molar-refractivity contribution in [3.8, 4) is 0 Å². The van der Waals surface area contributed by atoms with Crippen molar-refractivity contribution < 1.29 is 9.59 Å². The maximum Gasteiger partial charge on any atom is 0.228 e. The number of aryl methyl sites for hydroxylation is 1. The van der Waals surface area contributed by atoms with E-state index < -0.39 is 0 Å². The summed E-state index contributed by atoms with van der Waals surface area (Å²) in [6.45, 7) is 6.08. The van der Waals surface area contributed by atoms with E-state index in [0.29, 0.717) is 16.3 Å². The molecule has 1 N–H and O–H groups in total. The molecule has 0 aliphatic heterocycles. The van der Waals surface area contributed by atoms with Gasteiger partial charge in [0.1, 0.15) is 10.6 Å². The Kier molecular flexibility index (Phi) is 5.28. The minimum atomic E-state index is -0.150. The van der Waals surface area contributed by atoms with Gasteiger partial charge in [0.05, 0.1) is 10.7 Å². The summed E-state index contributed by atoms with van der Waals surface area (Å²) in [6.07, 6.45) is 6.90. The van der Waals surface area contributed by atoms with Gasteiger partial charge >= 0.3 is 0 Å². The number of carbonyl (C=O) groups is 2. The average molecular weight is 306 g/mol. The van der Waals surface area contributed by atoms with Crippen molar-refractivity contribution in [3.63, 3.8) is 0 Å². The molecular weight excluding hydrogens is 284 g/mol. The average Bonchev–Trinajstić information content (AvgIpc) is 2.86. The molecule has 1 aromatic rings. The first-order valence-electron chi connectivity index (χ1n) is 7.61. The molecule has 0 bridgehead atoms. The molecule has 1 atom stereocenters. The molecule has 0 radical (unpaired) electrons. The second kappa shape index (κ2) is 6.98. The zero-order chi connectivity index (χ0) is 15.4. The number of ketones is 2. The van der Waals surface area contributed by atoms with E-state index in [4.69, 9.17) is 0 Å². The van der Waals surface area contributed by atoms with Gasteiger partial charge < -0.3 is 5.32 Å². The van der Waals surface area contributed by atoms with Crippen molar-refractivity contribution in [2.24, 2.45) is 0 Å². The summed E-state index contributed by atoms with van der Waals surface area (Å²) in [4.78, 5) is 29.2. The molecule has 1 unspecified atom stereocenters. The first-order chi connectivity index (χ1) is 10.1. The summed E-state index contributed by atoms with van der Waals surface area (Å²) in [5.74, 6) is -0.260. The van der Waals surface area contributed by atoms with Gasteiger partial charge in [0, 0.05) is 12.1 Å². The standard InChI is InChI=1S/C16H22N2O2S/c1-4-6-7-8-11(5-2)18-12-9-13(19)16-14(15(12)20)17-10(3)21-16/h9,11,18H,4-8H2,1-3H3. The number of allylic oxidation sites excluding steroid dienone is 2. The molecule has 1 heterocycles. The third-order valence-corrected chi connectivity index (χ3v) is 4.69. The Morgan fingerprint density at radius 2 is 2.05 bits per heavy atom. The van der Waals surface area contributed by atoms with Crippen LogP contribution >= 0.6 is 11.3 Å². The Labute approximate surface area is 129 Å². The van der Waals surface area contributed by atoms with Crippen LogP contribution in [0.5, 0.6) is 0 Å².